The van der Waals surface area contributed by atoms with Crippen molar-refractivity contribution in [3.05, 3.63) is 63.2 Å². The molecule has 1 saturated carbocycles. The van der Waals surface area contributed by atoms with Gasteiger partial charge in [0.2, 0.25) is 0 Å². The highest BCUT2D eigenvalue weighted by Crippen LogP contribution is 2.31. The largest absolute Gasteiger partial charge is 0.481 e. The van der Waals surface area contributed by atoms with Gasteiger partial charge in [-0.05, 0) is 62.9 Å². The highest BCUT2D eigenvalue weighted by atomic mass is 16.6. The van der Waals surface area contributed by atoms with Gasteiger partial charge >= 0.3 is 0 Å². The monoisotopic (exact) mass is 412 g/mol. The summed E-state index contributed by atoms with van der Waals surface area (Å²) in [5, 5.41) is 14.4. The zero-order valence-corrected chi connectivity index (χ0v) is 17.0. The zero-order valence-electron chi connectivity index (χ0n) is 17.0. The second-order valence-electron chi connectivity index (χ2n) is 7.31. The minimum atomic E-state index is -0.856. The number of amides is 2. The van der Waals surface area contributed by atoms with Crippen LogP contribution in [0.3, 0.4) is 0 Å². The number of nitrogens with one attached hydrogen (secondary N) is 3. The SMILES string of the molecule is Cc1cccc(OC(C)C(=O)NNC(=O)c2ccc(NC3CC3)c([N+](=O)[O-])c2)c1C. The molecule has 0 bridgehead atoms. The van der Waals surface area contributed by atoms with E-state index in [4.69, 9.17) is 4.74 Å². The third-order valence-electron chi connectivity index (χ3n) is 4.92. The summed E-state index contributed by atoms with van der Waals surface area (Å²) >= 11 is 0. The molecular weight excluding hydrogens is 388 g/mol. The molecule has 2 aromatic carbocycles. The molecule has 0 aromatic heterocycles. The standard InChI is InChI=1S/C21H24N4O5/c1-12-5-4-6-19(13(12)2)30-14(3)20(26)23-24-21(27)15-7-10-17(22-16-8-9-16)18(11-15)25(28)29/h4-7,10-11,14,16,22H,8-9H2,1-3H3,(H,23,26)(H,24,27). The predicted molar refractivity (Wildman–Crippen MR) is 111 cm³/mol. The second-order valence-corrected chi connectivity index (χ2v) is 7.31. The van der Waals surface area contributed by atoms with Crippen LogP contribution < -0.4 is 20.9 Å². The Hall–Kier alpha value is -3.62. The molecule has 0 radical (unpaired) electrons. The summed E-state index contributed by atoms with van der Waals surface area (Å²) in [4.78, 5) is 35.4. The van der Waals surface area contributed by atoms with Crippen molar-refractivity contribution in [1.29, 1.82) is 0 Å². The summed E-state index contributed by atoms with van der Waals surface area (Å²) in [6.45, 7) is 5.40. The Morgan fingerprint density at radius 1 is 1.17 bits per heavy atom. The van der Waals surface area contributed by atoms with E-state index >= 15 is 0 Å². The Bertz CT molecular complexity index is 987. The van der Waals surface area contributed by atoms with Crippen LogP contribution in [0, 0.1) is 24.0 Å². The van der Waals surface area contributed by atoms with Gasteiger partial charge in [-0.25, -0.2) is 0 Å². The fourth-order valence-corrected chi connectivity index (χ4v) is 2.78. The van der Waals surface area contributed by atoms with Crippen molar-refractivity contribution in [2.45, 2.75) is 45.8 Å². The number of hydrogen-bond donors (Lipinski definition) is 3. The number of benzene rings is 2. The van der Waals surface area contributed by atoms with Crippen LogP contribution in [0.15, 0.2) is 36.4 Å². The van der Waals surface area contributed by atoms with Crippen molar-refractivity contribution in [3.63, 3.8) is 0 Å². The number of nitro groups is 1. The fourth-order valence-electron chi connectivity index (χ4n) is 2.78. The highest BCUT2D eigenvalue weighted by molar-refractivity contribution is 5.97. The minimum Gasteiger partial charge on any atom is -0.481 e. The van der Waals surface area contributed by atoms with Crippen molar-refractivity contribution in [3.8, 4) is 5.75 Å². The van der Waals surface area contributed by atoms with Gasteiger partial charge < -0.3 is 10.1 Å². The average Bonchev–Trinajstić information content (AvgIpc) is 3.53. The minimum absolute atomic E-state index is 0.0615. The number of nitrogens with zero attached hydrogens (tertiary/aromatic N) is 1. The van der Waals surface area contributed by atoms with Crippen LogP contribution in [0.5, 0.6) is 5.75 Å². The maximum Gasteiger partial charge on any atom is 0.293 e. The number of rotatable bonds is 7. The van der Waals surface area contributed by atoms with Crippen LogP contribution >= 0.6 is 0 Å². The molecule has 0 aliphatic heterocycles. The predicted octanol–water partition coefficient (Wildman–Crippen LogP) is 3.01. The topological polar surface area (TPSA) is 123 Å². The van der Waals surface area contributed by atoms with Crippen LogP contribution in [0.4, 0.5) is 11.4 Å². The Morgan fingerprint density at radius 2 is 1.90 bits per heavy atom. The van der Waals surface area contributed by atoms with Gasteiger partial charge in [0.1, 0.15) is 11.4 Å². The first kappa shape index (κ1) is 21.1. The summed E-state index contributed by atoms with van der Waals surface area (Å²) in [6.07, 6.45) is 1.08. The van der Waals surface area contributed by atoms with Crippen LogP contribution in [0.25, 0.3) is 0 Å². The lowest BCUT2D eigenvalue weighted by Gasteiger charge is -2.17. The molecule has 2 aromatic rings. The highest BCUT2D eigenvalue weighted by Gasteiger charge is 2.26. The molecule has 1 unspecified atom stereocenters. The number of hydrazine groups is 1. The molecule has 30 heavy (non-hydrogen) atoms. The van der Waals surface area contributed by atoms with Gasteiger partial charge in [0, 0.05) is 17.7 Å². The van der Waals surface area contributed by atoms with Gasteiger partial charge in [-0.2, -0.15) is 0 Å². The van der Waals surface area contributed by atoms with Crippen molar-refractivity contribution >= 4 is 23.2 Å². The van der Waals surface area contributed by atoms with Gasteiger partial charge in [-0.3, -0.25) is 30.6 Å². The molecule has 0 spiro atoms. The molecule has 3 rings (SSSR count). The third-order valence-corrected chi connectivity index (χ3v) is 4.92. The first-order chi connectivity index (χ1) is 14.3. The summed E-state index contributed by atoms with van der Waals surface area (Å²) in [5.41, 5.74) is 6.77. The van der Waals surface area contributed by atoms with E-state index in [9.17, 15) is 19.7 Å². The van der Waals surface area contributed by atoms with Gasteiger partial charge in [0.15, 0.2) is 6.10 Å². The van der Waals surface area contributed by atoms with Crippen molar-refractivity contribution in [2.24, 2.45) is 0 Å². The maximum atomic E-state index is 12.3. The Kier molecular flexibility index (Phi) is 6.20. The molecule has 0 saturated heterocycles. The van der Waals surface area contributed by atoms with E-state index in [1.54, 1.807) is 13.0 Å². The number of ether oxygens (including phenoxy) is 1. The summed E-state index contributed by atoms with van der Waals surface area (Å²) in [7, 11) is 0. The first-order valence-corrected chi connectivity index (χ1v) is 9.64. The smallest absolute Gasteiger partial charge is 0.293 e. The van der Waals surface area contributed by atoms with E-state index in [-0.39, 0.29) is 17.3 Å². The number of carbonyl (C=O) groups is 2. The molecule has 0 heterocycles. The lowest BCUT2D eigenvalue weighted by atomic mass is 10.1. The zero-order chi connectivity index (χ0) is 21.8. The van der Waals surface area contributed by atoms with Crippen molar-refractivity contribution in [1.82, 2.24) is 10.9 Å². The molecular formula is C21H24N4O5. The maximum absolute atomic E-state index is 12.3. The molecule has 1 aliphatic carbocycles. The number of hydrogen-bond acceptors (Lipinski definition) is 6. The summed E-state index contributed by atoms with van der Waals surface area (Å²) < 4.78 is 5.67. The van der Waals surface area contributed by atoms with Crippen LogP contribution in [-0.2, 0) is 4.79 Å². The number of carbonyl (C=O) groups excluding carboxylic acids is 2. The summed E-state index contributed by atoms with van der Waals surface area (Å²) in [5.74, 6) is -0.632. The summed E-state index contributed by atoms with van der Waals surface area (Å²) in [6, 6.07) is 9.93. The number of aryl methyl sites for hydroxylation is 1. The first-order valence-electron chi connectivity index (χ1n) is 9.64. The Balaban J connectivity index is 1.60. The average molecular weight is 412 g/mol. The molecule has 158 valence electrons. The molecule has 2 amide bonds. The lowest BCUT2D eigenvalue weighted by molar-refractivity contribution is -0.384. The van der Waals surface area contributed by atoms with Crippen molar-refractivity contribution in [2.75, 3.05) is 5.32 Å². The van der Waals surface area contributed by atoms with Crippen LogP contribution in [-0.4, -0.2) is 28.9 Å². The fraction of sp³-hybridized carbons (Fsp3) is 0.333. The van der Waals surface area contributed by atoms with Crippen LogP contribution in [0.1, 0.15) is 41.3 Å². The van der Waals surface area contributed by atoms with Gasteiger partial charge in [-0.1, -0.05) is 12.1 Å². The lowest BCUT2D eigenvalue weighted by Crippen LogP contribution is -2.47. The molecule has 9 heteroatoms. The van der Waals surface area contributed by atoms with Crippen molar-refractivity contribution < 1.29 is 19.2 Å². The molecule has 1 fully saturated rings. The van der Waals surface area contributed by atoms with E-state index in [1.165, 1.54) is 18.2 Å². The number of anilines is 1. The van der Waals surface area contributed by atoms with E-state index in [2.05, 4.69) is 16.2 Å². The normalized spacial score (nSPS) is 13.8. The van der Waals surface area contributed by atoms with Gasteiger partial charge in [-0.15, -0.1) is 0 Å². The number of nitro benzene ring substituents is 1. The van der Waals surface area contributed by atoms with Gasteiger partial charge in [0.05, 0.1) is 4.92 Å². The Labute approximate surface area is 173 Å². The van der Waals surface area contributed by atoms with Crippen LogP contribution in [0.2, 0.25) is 0 Å². The molecule has 1 atom stereocenters. The molecule has 3 N–H and O–H groups in total. The third kappa shape index (κ3) is 5.05. The quantitative estimate of drug-likeness (QED) is 0.475. The second kappa shape index (κ2) is 8.81. The van der Waals surface area contributed by atoms with Gasteiger partial charge in [0.25, 0.3) is 17.5 Å². The van der Waals surface area contributed by atoms with E-state index in [1.807, 2.05) is 26.0 Å². The van der Waals surface area contributed by atoms with E-state index in [0.29, 0.717) is 11.4 Å². The molecule has 9 nitrogen and oxygen atoms in total. The van der Waals surface area contributed by atoms with E-state index in [0.717, 1.165) is 24.0 Å². The molecule has 1 aliphatic rings. The Morgan fingerprint density at radius 3 is 2.57 bits per heavy atom. The van der Waals surface area contributed by atoms with E-state index < -0.39 is 22.8 Å².